The zero-order valence-corrected chi connectivity index (χ0v) is 2.95. The number of hydrogen-bond acceptors (Lipinski definition) is 1. The Morgan fingerprint density at radius 2 is 2.00 bits per heavy atom. The van der Waals surface area contributed by atoms with Gasteiger partial charge in [-0.05, 0) is 17.4 Å². The maximum absolute atomic E-state index is 10.8. The van der Waals surface area contributed by atoms with E-state index in [1.165, 1.54) is 0 Å². The molecular formula is C3H11FOSi. The molecule has 0 unspecified atom stereocenters. The molecule has 0 saturated heterocycles. The average Bonchev–Trinajstić information content (AvgIpc) is 1.41. The van der Waals surface area contributed by atoms with Crippen LogP contribution in [-0.4, -0.2) is 29.4 Å². The molecule has 0 fully saturated rings. The SMILES string of the molecule is OCCCF.[SiH4]. The molecule has 0 amide bonds. The predicted molar refractivity (Wildman–Crippen MR) is 29.0 cm³/mol. The summed E-state index contributed by atoms with van der Waals surface area (Å²) in [6, 6.07) is 0. The Balaban J connectivity index is 0. The molecule has 3 heteroatoms. The van der Waals surface area contributed by atoms with Gasteiger partial charge in [-0.15, -0.1) is 0 Å². The summed E-state index contributed by atoms with van der Waals surface area (Å²) in [5.41, 5.74) is 0. The molecule has 40 valence electrons. The van der Waals surface area contributed by atoms with Crippen LogP contribution in [0.5, 0.6) is 0 Å². The first kappa shape index (κ1) is 9.44. The van der Waals surface area contributed by atoms with Gasteiger partial charge in [-0.25, -0.2) is 0 Å². The Bertz CT molecular complexity index is 18.3. The molecule has 1 N–H and O–H groups in total. The maximum Gasteiger partial charge on any atom is 0.0916 e. The molecule has 0 aromatic heterocycles. The van der Waals surface area contributed by atoms with E-state index in [0.29, 0.717) is 0 Å². The first-order valence-electron chi connectivity index (χ1n) is 1.58. The smallest absolute Gasteiger partial charge is 0.0916 e. The highest BCUT2D eigenvalue weighted by Crippen LogP contribution is 1.72. The molecule has 0 aliphatic rings. The molecule has 0 saturated carbocycles. The van der Waals surface area contributed by atoms with Gasteiger partial charge in [-0.3, -0.25) is 4.39 Å². The summed E-state index contributed by atoms with van der Waals surface area (Å²) in [4.78, 5) is 0. The van der Waals surface area contributed by atoms with Crippen molar-refractivity contribution in [2.24, 2.45) is 0 Å². The van der Waals surface area contributed by atoms with Gasteiger partial charge in [-0.2, -0.15) is 0 Å². The Kier molecular flexibility index (Phi) is 14.0. The highest BCUT2D eigenvalue weighted by Gasteiger charge is 1.72. The van der Waals surface area contributed by atoms with Gasteiger partial charge in [0.2, 0.25) is 0 Å². The lowest BCUT2D eigenvalue weighted by Gasteiger charge is -1.76. The second kappa shape index (κ2) is 8.92. The third kappa shape index (κ3) is 8.93. The van der Waals surface area contributed by atoms with Crippen LogP contribution in [0.25, 0.3) is 0 Å². The Morgan fingerprint density at radius 3 is 2.00 bits per heavy atom. The highest BCUT2D eigenvalue weighted by molar-refractivity contribution is 5.75. The molecule has 0 radical (unpaired) electrons. The van der Waals surface area contributed by atoms with E-state index in [4.69, 9.17) is 5.11 Å². The number of aliphatic hydroxyl groups excluding tert-OH is 1. The van der Waals surface area contributed by atoms with Crippen LogP contribution in [0.3, 0.4) is 0 Å². The zero-order valence-electron chi connectivity index (χ0n) is 2.95. The van der Waals surface area contributed by atoms with Crippen LogP contribution in [0, 0.1) is 0 Å². The summed E-state index contributed by atoms with van der Waals surface area (Å²) in [5, 5.41) is 7.83. The van der Waals surface area contributed by atoms with Crippen molar-refractivity contribution in [3.63, 3.8) is 0 Å². The molecule has 0 rings (SSSR count). The van der Waals surface area contributed by atoms with E-state index in [1.54, 1.807) is 0 Å². The minimum absolute atomic E-state index is 0. The molecule has 0 aliphatic carbocycles. The van der Waals surface area contributed by atoms with Crippen molar-refractivity contribution in [2.45, 2.75) is 6.42 Å². The third-order valence-electron chi connectivity index (χ3n) is 0.292. The van der Waals surface area contributed by atoms with E-state index in [0.717, 1.165) is 0 Å². The van der Waals surface area contributed by atoms with Gasteiger partial charge in [0, 0.05) is 6.61 Å². The fraction of sp³-hybridized carbons (Fsp3) is 1.00. The molecule has 0 aromatic carbocycles. The number of aliphatic hydroxyl groups is 1. The molecule has 0 heterocycles. The van der Waals surface area contributed by atoms with Crippen molar-refractivity contribution in [3.05, 3.63) is 0 Å². The van der Waals surface area contributed by atoms with Crippen LogP contribution in [0.15, 0.2) is 0 Å². The van der Waals surface area contributed by atoms with Crippen molar-refractivity contribution in [1.29, 1.82) is 0 Å². The third-order valence-corrected chi connectivity index (χ3v) is 0.292. The standard InChI is InChI=1S/C3H7FO.H4Si/c4-2-1-3-5;/h5H,1-3H2;1H4. The van der Waals surface area contributed by atoms with Crippen molar-refractivity contribution in [1.82, 2.24) is 0 Å². The maximum atomic E-state index is 10.8. The van der Waals surface area contributed by atoms with Crippen molar-refractivity contribution >= 4 is 11.0 Å². The fourth-order valence-corrected chi connectivity index (χ4v) is 0.0598. The molecule has 0 aromatic rings. The van der Waals surface area contributed by atoms with E-state index in [1.807, 2.05) is 0 Å². The van der Waals surface area contributed by atoms with Crippen molar-refractivity contribution in [2.75, 3.05) is 13.3 Å². The van der Waals surface area contributed by atoms with E-state index < -0.39 is 6.67 Å². The van der Waals surface area contributed by atoms with Gasteiger partial charge in [0.15, 0.2) is 0 Å². The van der Waals surface area contributed by atoms with Gasteiger partial charge >= 0.3 is 0 Å². The van der Waals surface area contributed by atoms with Gasteiger partial charge in [0.25, 0.3) is 0 Å². The Hall–Kier alpha value is 0.107. The summed E-state index contributed by atoms with van der Waals surface area (Å²) in [7, 11) is 0. The largest absolute Gasteiger partial charge is 0.396 e. The summed E-state index contributed by atoms with van der Waals surface area (Å²) in [6.07, 6.45) is 0.278. The van der Waals surface area contributed by atoms with Crippen LogP contribution < -0.4 is 0 Å². The Morgan fingerprint density at radius 1 is 1.50 bits per heavy atom. The predicted octanol–water partition coefficient (Wildman–Crippen LogP) is -1.11. The van der Waals surface area contributed by atoms with Crippen LogP contribution in [-0.2, 0) is 0 Å². The number of alkyl halides is 1. The first-order chi connectivity index (χ1) is 2.41. The molecule has 0 spiro atoms. The molecule has 1 nitrogen and oxygen atoms in total. The van der Waals surface area contributed by atoms with Gasteiger partial charge in [-0.1, -0.05) is 0 Å². The number of hydrogen-bond donors (Lipinski definition) is 1. The minimum Gasteiger partial charge on any atom is -0.396 e. The second-order valence-electron chi connectivity index (χ2n) is 0.766. The fourth-order valence-electron chi connectivity index (χ4n) is 0.0598. The minimum atomic E-state index is -0.406. The monoisotopic (exact) mass is 110 g/mol. The van der Waals surface area contributed by atoms with E-state index in [2.05, 4.69) is 0 Å². The number of rotatable bonds is 2. The zero-order chi connectivity index (χ0) is 4.12. The number of halogens is 1. The van der Waals surface area contributed by atoms with Crippen molar-refractivity contribution in [3.8, 4) is 0 Å². The summed E-state index contributed by atoms with van der Waals surface area (Å²) in [5.74, 6) is 0. The van der Waals surface area contributed by atoms with E-state index in [9.17, 15) is 4.39 Å². The van der Waals surface area contributed by atoms with Gasteiger partial charge in [0.05, 0.1) is 6.67 Å². The molecule has 0 bridgehead atoms. The normalized spacial score (nSPS) is 7.00. The lowest BCUT2D eigenvalue weighted by atomic mass is 10.5. The summed E-state index contributed by atoms with van der Waals surface area (Å²) < 4.78 is 10.8. The summed E-state index contributed by atoms with van der Waals surface area (Å²) in [6.45, 7) is -0.438. The van der Waals surface area contributed by atoms with Crippen LogP contribution in [0.2, 0.25) is 0 Å². The van der Waals surface area contributed by atoms with Crippen molar-refractivity contribution < 1.29 is 9.50 Å². The molecule has 6 heavy (non-hydrogen) atoms. The van der Waals surface area contributed by atoms with E-state index in [-0.39, 0.29) is 24.0 Å². The first-order valence-corrected chi connectivity index (χ1v) is 1.58. The summed E-state index contributed by atoms with van der Waals surface area (Å²) >= 11 is 0. The van der Waals surface area contributed by atoms with Gasteiger partial charge < -0.3 is 5.11 Å². The topological polar surface area (TPSA) is 20.2 Å². The van der Waals surface area contributed by atoms with Crippen LogP contribution in [0.4, 0.5) is 4.39 Å². The molecule has 0 atom stereocenters. The quantitative estimate of drug-likeness (QED) is 0.447. The highest BCUT2D eigenvalue weighted by atomic mass is 28.1. The van der Waals surface area contributed by atoms with Gasteiger partial charge in [0.1, 0.15) is 0 Å². The lowest BCUT2D eigenvalue weighted by Crippen LogP contribution is -1.80. The average molecular weight is 110 g/mol. The van der Waals surface area contributed by atoms with E-state index >= 15 is 0 Å². The van der Waals surface area contributed by atoms with Crippen LogP contribution in [0.1, 0.15) is 6.42 Å². The second-order valence-corrected chi connectivity index (χ2v) is 0.766. The van der Waals surface area contributed by atoms with Crippen LogP contribution >= 0.6 is 0 Å². The lowest BCUT2D eigenvalue weighted by molar-refractivity contribution is 0.269. The Labute approximate surface area is 41.2 Å². The molecular weight excluding hydrogens is 99.1 g/mol. The molecule has 0 aliphatic heterocycles.